The van der Waals surface area contributed by atoms with E-state index >= 15 is 0 Å². The van der Waals surface area contributed by atoms with Gasteiger partial charge in [-0.05, 0) is 13.8 Å². The van der Waals surface area contributed by atoms with E-state index in [2.05, 4.69) is 5.16 Å². The SMILES string of the molecule is CCS(=O)(=O)C(C)C(C)=NO. The van der Waals surface area contributed by atoms with Crippen LogP contribution in [0, 0.1) is 0 Å². The van der Waals surface area contributed by atoms with Crippen LogP contribution in [0.4, 0.5) is 0 Å². The lowest BCUT2D eigenvalue weighted by Crippen LogP contribution is -2.26. The molecule has 0 aromatic carbocycles. The Hall–Kier alpha value is -0.580. The molecule has 0 radical (unpaired) electrons. The van der Waals surface area contributed by atoms with Crippen molar-refractivity contribution in [3.63, 3.8) is 0 Å². The lowest BCUT2D eigenvalue weighted by Gasteiger charge is -2.08. The van der Waals surface area contributed by atoms with Gasteiger partial charge >= 0.3 is 0 Å². The van der Waals surface area contributed by atoms with E-state index in [0.29, 0.717) is 0 Å². The van der Waals surface area contributed by atoms with Crippen molar-refractivity contribution in [2.45, 2.75) is 26.0 Å². The van der Waals surface area contributed by atoms with Crippen molar-refractivity contribution < 1.29 is 13.6 Å². The van der Waals surface area contributed by atoms with Crippen molar-refractivity contribution in [2.75, 3.05) is 5.75 Å². The van der Waals surface area contributed by atoms with E-state index in [1.807, 2.05) is 0 Å². The number of oxime groups is 1. The zero-order valence-corrected chi connectivity index (χ0v) is 7.72. The highest BCUT2D eigenvalue weighted by molar-refractivity contribution is 7.92. The second-order valence-corrected chi connectivity index (χ2v) is 4.95. The molecule has 0 aromatic rings. The molecule has 11 heavy (non-hydrogen) atoms. The maximum atomic E-state index is 11.1. The monoisotopic (exact) mass is 179 g/mol. The van der Waals surface area contributed by atoms with Crippen LogP contribution in [0.25, 0.3) is 0 Å². The molecule has 0 saturated heterocycles. The minimum Gasteiger partial charge on any atom is -0.411 e. The van der Waals surface area contributed by atoms with Gasteiger partial charge in [-0.15, -0.1) is 0 Å². The largest absolute Gasteiger partial charge is 0.411 e. The molecule has 1 N–H and O–H groups in total. The van der Waals surface area contributed by atoms with Crippen LogP contribution in [-0.2, 0) is 9.84 Å². The summed E-state index contributed by atoms with van der Waals surface area (Å²) in [6, 6.07) is 0. The van der Waals surface area contributed by atoms with E-state index in [9.17, 15) is 8.42 Å². The first kappa shape index (κ1) is 10.4. The van der Waals surface area contributed by atoms with Gasteiger partial charge in [-0.2, -0.15) is 0 Å². The molecule has 66 valence electrons. The summed E-state index contributed by atoms with van der Waals surface area (Å²) in [6.45, 7) is 4.56. The molecule has 0 amide bonds. The van der Waals surface area contributed by atoms with Crippen molar-refractivity contribution in [2.24, 2.45) is 5.16 Å². The third-order valence-electron chi connectivity index (χ3n) is 1.69. The maximum absolute atomic E-state index is 11.1. The Morgan fingerprint density at radius 3 is 2.36 bits per heavy atom. The van der Waals surface area contributed by atoms with Crippen LogP contribution in [-0.4, -0.2) is 30.3 Å². The van der Waals surface area contributed by atoms with Crippen LogP contribution in [0.15, 0.2) is 5.16 Å². The van der Waals surface area contributed by atoms with Gasteiger partial charge in [0.1, 0.15) is 0 Å². The smallest absolute Gasteiger partial charge is 0.158 e. The van der Waals surface area contributed by atoms with Crippen molar-refractivity contribution in [1.82, 2.24) is 0 Å². The molecule has 0 rings (SSSR count). The fraction of sp³-hybridized carbons (Fsp3) is 0.833. The van der Waals surface area contributed by atoms with Gasteiger partial charge in [0.05, 0.1) is 11.0 Å². The fourth-order valence-corrected chi connectivity index (χ4v) is 1.66. The Kier molecular flexibility index (Phi) is 3.51. The molecule has 0 aliphatic rings. The topological polar surface area (TPSA) is 66.7 Å². The van der Waals surface area contributed by atoms with Gasteiger partial charge in [0.2, 0.25) is 0 Å². The highest BCUT2D eigenvalue weighted by Gasteiger charge is 2.21. The van der Waals surface area contributed by atoms with Crippen LogP contribution in [0.5, 0.6) is 0 Å². The summed E-state index contributed by atoms with van der Waals surface area (Å²) in [4.78, 5) is 0. The molecule has 0 aliphatic heterocycles. The molecule has 0 heterocycles. The van der Waals surface area contributed by atoms with Crippen molar-refractivity contribution in [3.05, 3.63) is 0 Å². The quantitative estimate of drug-likeness (QED) is 0.393. The van der Waals surface area contributed by atoms with Gasteiger partial charge < -0.3 is 5.21 Å². The first-order valence-electron chi connectivity index (χ1n) is 3.35. The first-order valence-corrected chi connectivity index (χ1v) is 5.07. The summed E-state index contributed by atoms with van der Waals surface area (Å²) in [6.07, 6.45) is 0. The van der Waals surface area contributed by atoms with Crippen molar-refractivity contribution in [3.8, 4) is 0 Å². The van der Waals surface area contributed by atoms with E-state index in [1.165, 1.54) is 13.8 Å². The summed E-state index contributed by atoms with van der Waals surface area (Å²) in [7, 11) is -3.10. The lowest BCUT2D eigenvalue weighted by atomic mass is 10.3. The zero-order valence-electron chi connectivity index (χ0n) is 6.90. The number of sulfone groups is 1. The van der Waals surface area contributed by atoms with Crippen molar-refractivity contribution >= 4 is 15.5 Å². The maximum Gasteiger partial charge on any atom is 0.158 e. The summed E-state index contributed by atoms with van der Waals surface area (Å²) in [5, 5.41) is 10.4. The Morgan fingerprint density at radius 2 is 2.09 bits per heavy atom. The second kappa shape index (κ2) is 3.71. The molecule has 0 aliphatic carbocycles. The van der Waals surface area contributed by atoms with Gasteiger partial charge in [-0.3, -0.25) is 0 Å². The van der Waals surface area contributed by atoms with Crippen LogP contribution < -0.4 is 0 Å². The Bertz CT molecular complexity index is 243. The molecular weight excluding hydrogens is 166 g/mol. The van der Waals surface area contributed by atoms with E-state index in [4.69, 9.17) is 5.21 Å². The highest BCUT2D eigenvalue weighted by Crippen LogP contribution is 2.03. The van der Waals surface area contributed by atoms with Crippen LogP contribution >= 0.6 is 0 Å². The van der Waals surface area contributed by atoms with E-state index < -0.39 is 15.1 Å². The number of hydrogen-bond donors (Lipinski definition) is 1. The number of rotatable bonds is 3. The Morgan fingerprint density at radius 1 is 1.64 bits per heavy atom. The predicted molar refractivity (Wildman–Crippen MR) is 43.8 cm³/mol. The standard InChI is InChI=1S/C6H13NO3S/c1-4-11(9,10)6(3)5(2)7-8/h6,8H,4H2,1-3H3. The van der Waals surface area contributed by atoms with E-state index in [0.717, 1.165) is 0 Å². The molecule has 0 spiro atoms. The Balaban J connectivity index is 4.64. The van der Waals surface area contributed by atoms with Crippen LogP contribution in [0.2, 0.25) is 0 Å². The molecule has 1 unspecified atom stereocenters. The number of hydrogen-bond acceptors (Lipinski definition) is 4. The third-order valence-corrected chi connectivity index (χ3v) is 3.91. The summed E-state index contributed by atoms with van der Waals surface area (Å²) < 4.78 is 22.2. The van der Waals surface area contributed by atoms with Crippen molar-refractivity contribution in [1.29, 1.82) is 0 Å². The summed E-state index contributed by atoms with van der Waals surface area (Å²) in [5.41, 5.74) is 0.229. The third kappa shape index (κ3) is 2.49. The summed E-state index contributed by atoms with van der Waals surface area (Å²) in [5.74, 6) is 0.0705. The van der Waals surface area contributed by atoms with Crippen LogP contribution in [0.1, 0.15) is 20.8 Å². The molecule has 0 fully saturated rings. The Labute approximate surface area is 66.8 Å². The minimum atomic E-state index is -3.10. The zero-order chi connectivity index (χ0) is 9.07. The molecule has 5 heteroatoms. The van der Waals surface area contributed by atoms with Crippen LogP contribution in [0.3, 0.4) is 0 Å². The van der Waals surface area contributed by atoms with Gasteiger partial charge in [-0.1, -0.05) is 12.1 Å². The molecule has 0 bridgehead atoms. The first-order chi connectivity index (χ1) is 4.95. The average molecular weight is 179 g/mol. The summed E-state index contributed by atoms with van der Waals surface area (Å²) >= 11 is 0. The molecule has 1 atom stereocenters. The molecule has 4 nitrogen and oxygen atoms in total. The average Bonchev–Trinajstić information content (AvgIpc) is 2.01. The lowest BCUT2D eigenvalue weighted by molar-refractivity contribution is 0.317. The number of nitrogens with zero attached hydrogens (tertiary/aromatic N) is 1. The molecule has 0 aromatic heterocycles. The highest BCUT2D eigenvalue weighted by atomic mass is 32.2. The van der Waals surface area contributed by atoms with Gasteiger partial charge in [0, 0.05) is 5.75 Å². The van der Waals surface area contributed by atoms with E-state index in [1.54, 1.807) is 6.92 Å². The van der Waals surface area contributed by atoms with Gasteiger partial charge in [-0.25, -0.2) is 8.42 Å². The second-order valence-electron chi connectivity index (χ2n) is 2.34. The van der Waals surface area contributed by atoms with Gasteiger partial charge in [0.15, 0.2) is 9.84 Å². The van der Waals surface area contributed by atoms with E-state index in [-0.39, 0.29) is 11.5 Å². The minimum absolute atomic E-state index is 0.0705. The van der Waals surface area contributed by atoms with Gasteiger partial charge in [0.25, 0.3) is 0 Å². The fourth-order valence-electron chi connectivity index (χ4n) is 0.591. The molecular formula is C6H13NO3S. The predicted octanol–water partition coefficient (Wildman–Crippen LogP) is 0.660. The molecule has 0 saturated carbocycles. The normalized spacial score (nSPS) is 16.5.